The second kappa shape index (κ2) is 11.7. The van der Waals surface area contributed by atoms with Crippen LogP contribution in [-0.2, 0) is 13.4 Å². The molecule has 13 heteroatoms. The molecule has 0 saturated carbocycles. The molecule has 0 fully saturated rings. The molecule has 0 bridgehead atoms. The molecule has 0 aromatic heterocycles. The molecule has 1 atom stereocenters. The molecule has 64 valence electrons. The summed E-state index contributed by atoms with van der Waals surface area (Å²) in [5.74, 6) is 0. The van der Waals surface area contributed by atoms with Crippen LogP contribution in [0.5, 0.6) is 0 Å². The van der Waals surface area contributed by atoms with Gasteiger partial charge in [-0.2, -0.15) is 0 Å². The first-order valence-corrected chi connectivity index (χ1v) is 4.43. The molecule has 0 aliphatic heterocycles. The monoisotopic (exact) mass is 262 g/mol. The van der Waals surface area contributed by atoms with Crippen LogP contribution < -0.4 is 103 Å². The van der Waals surface area contributed by atoms with Crippen LogP contribution in [0.1, 0.15) is 0 Å². The summed E-state index contributed by atoms with van der Waals surface area (Å²) in [5, 5.41) is 0. The molecule has 8 nitrogen and oxygen atoms in total. The van der Waals surface area contributed by atoms with Gasteiger partial charge >= 0.3 is 88.7 Å². The summed E-state index contributed by atoms with van der Waals surface area (Å²) in [5.41, 5.74) is 0. The maximum Gasteiger partial charge on any atom is 1.00 e. The third-order valence-corrected chi connectivity index (χ3v) is 1.83. The molecular weight excluding hydrogens is 259 g/mol. The zero-order valence-electron chi connectivity index (χ0n) is 7.29. The van der Waals surface area contributed by atoms with E-state index in [4.69, 9.17) is 4.89 Å². The van der Waals surface area contributed by atoms with Crippen LogP contribution in [0, 0.1) is 0 Å². The minimum Gasteiger partial charge on any atom is -0.790 e. The molecule has 1 unspecified atom stereocenters. The van der Waals surface area contributed by atoms with E-state index in [9.17, 15) is 23.8 Å². The fraction of sp³-hybridized carbons (Fsp3) is 0. The first kappa shape index (κ1) is 29.8. The van der Waals surface area contributed by atoms with Gasteiger partial charge in [0.1, 0.15) is 0 Å². The van der Waals surface area contributed by atoms with E-state index in [1.807, 2.05) is 0 Å². The minimum absolute atomic E-state index is 0. The van der Waals surface area contributed by atoms with E-state index in [-0.39, 0.29) is 94.1 Å². The van der Waals surface area contributed by atoms with Crippen molar-refractivity contribution in [2.45, 2.75) is 0 Å². The standard InChI is InChI=1S/3Na.H4O7P2.H2O/c;;;1-8(2,3)7-9(4,5)6;/h;;;(H2,1,2,3)(H2,4,5,6);1H2/q3*+1;;/p-3. The van der Waals surface area contributed by atoms with E-state index in [2.05, 4.69) is 4.31 Å². The largest absolute Gasteiger partial charge is 1.00 e. The zero-order chi connectivity index (χ0) is 7.71. The fourth-order valence-corrected chi connectivity index (χ4v) is 1.14. The molecule has 0 aliphatic rings. The summed E-state index contributed by atoms with van der Waals surface area (Å²) in [4.78, 5) is 35.7. The van der Waals surface area contributed by atoms with Crippen LogP contribution in [0.15, 0.2) is 0 Å². The Balaban J connectivity index is -0.0000000533. The van der Waals surface area contributed by atoms with Crippen LogP contribution in [0.25, 0.3) is 0 Å². The third-order valence-electron chi connectivity index (χ3n) is 0.203. The van der Waals surface area contributed by atoms with Gasteiger partial charge in [0.2, 0.25) is 0 Å². The van der Waals surface area contributed by atoms with Gasteiger partial charge in [0, 0.05) is 0 Å². The Labute approximate surface area is 140 Å². The Kier molecular flexibility index (Phi) is 26.9. The van der Waals surface area contributed by atoms with Crippen molar-refractivity contribution in [3.8, 4) is 0 Å². The summed E-state index contributed by atoms with van der Waals surface area (Å²) >= 11 is 0. The van der Waals surface area contributed by atoms with Crippen LogP contribution in [0.2, 0.25) is 0 Å². The zero-order valence-corrected chi connectivity index (χ0v) is 15.1. The van der Waals surface area contributed by atoms with Crippen molar-refractivity contribution in [2.24, 2.45) is 0 Å². The van der Waals surface area contributed by atoms with Gasteiger partial charge in [-0.25, -0.2) is 0 Å². The van der Waals surface area contributed by atoms with Gasteiger partial charge in [0.25, 0.3) is 7.82 Å². The van der Waals surface area contributed by atoms with Crippen molar-refractivity contribution >= 4 is 15.6 Å². The fourth-order valence-electron chi connectivity index (χ4n) is 0.126. The molecule has 13 heavy (non-hydrogen) atoms. The predicted molar refractivity (Wildman–Crippen MR) is 22.1 cm³/mol. The van der Waals surface area contributed by atoms with Crippen LogP contribution in [0.3, 0.4) is 0 Å². The number of phosphoric acid groups is 2. The van der Waals surface area contributed by atoms with Crippen LogP contribution in [-0.4, -0.2) is 10.4 Å². The van der Waals surface area contributed by atoms with E-state index >= 15 is 0 Å². The third kappa shape index (κ3) is 31.3. The Hall–Kier alpha value is 3.22. The number of hydrogen-bond acceptors (Lipinski definition) is 6. The SMILES string of the molecule is O.O=P([O-])([O-])OP(=O)([O-])O.[Na+].[Na+].[Na+]. The average molecular weight is 262 g/mol. The summed E-state index contributed by atoms with van der Waals surface area (Å²) in [6, 6.07) is 0. The molecule has 0 aliphatic carbocycles. The normalized spacial score (nSPS) is 13.2. The molecule has 0 heterocycles. The van der Waals surface area contributed by atoms with E-state index in [1.165, 1.54) is 0 Å². The predicted octanol–water partition coefficient (Wildman–Crippen LogP) is -12.5. The molecule has 0 aromatic carbocycles. The molecular formula is H3Na3O8P2. The smallest absolute Gasteiger partial charge is 0.790 e. The first-order valence-electron chi connectivity index (χ1n) is 1.48. The number of rotatable bonds is 2. The van der Waals surface area contributed by atoms with Gasteiger partial charge in [-0.05, 0) is 0 Å². The van der Waals surface area contributed by atoms with Crippen molar-refractivity contribution in [1.82, 2.24) is 0 Å². The Morgan fingerprint density at radius 3 is 1.23 bits per heavy atom. The Morgan fingerprint density at radius 2 is 1.23 bits per heavy atom. The molecule has 0 rings (SSSR count). The van der Waals surface area contributed by atoms with Crippen LogP contribution in [0.4, 0.5) is 0 Å². The summed E-state index contributed by atoms with van der Waals surface area (Å²) in [7, 11) is -11.0. The molecule has 0 spiro atoms. The Morgan fingerprint density at radius 1 is 1.00 bits per heavy atom. The quantitative estimate of drug-likeness (QED) is 0.381. The molecule has 0 aromatic rings. The summed E-state index contributed by atoms with van der Waals surface area (Å²) in [6.07, 6.45) is 0. The minimum atomic E-state index is -5.61. The van der Waals surface area contributed by atoms with Crippen molar-refractivity contribution in [3.63, 3.8) is 0 Å². The second-order valence-corrected chi connectivity index (χ2v) is 3.48. The van der Waals surface area contributed by atoms with Gasteiger partial charge in [0.05, 0.1) is 7.82 Å². The van der Waals surface area contributed by atoms with E-state index in [0.717, 1.165) is 0 Å². The van der Waals surface area contributed by atoms with E-state index in [0.29, 0.717) is 0 Å². The average Bonchev–Trinajstić information content (AvgIpc) is 1.14. The van der Waals surface area contributed by atoms with Crippen molar-refractivity contribution in [2.75, 3.05) is 0 Å². The molecule has 3 N–H and O–H groups in total. The number of hydrogen-bond donors (Lipinski definition) is 1. The van der Waals surface area contributed by atoms with E-state index < -0.39 is 15.6 Å². The Bertz CT molecular complexity index is 158. The molecule has 0 saturated heterocycles. The van der Waals surface area contributed by atoms with Crippen molar-refractivity contribution < 1.29 is 127 Å². The molecule has 0 radical (unpaired) electrons. The molecule has 0 amide bonds. The second-order valence-electron chi connectivity index (χ2n) is 0.997. The van der Waals surface area contributed by atoms with Gasteiger partial charge in [-0.1, -0.05) is 0 Å². The van der Waals surface area contributed by atoms with Gasteiger partial charge in [-0.15, -0.1) is 0 Å². The maximum atomic E-state index is 9.44. The van der Waals surface area contributed by atoms with Gasteiger partial charge in [0.15, 0.2) is 0 Å². The first-order chi connectivity index (χ1) is 3.71. The van der Waals surface area contributed by atoms with E-state index in [1.54, 1.807) is 0 Å². The topological polar surface area (TPSA) is 164 Å². The van der Waals surface area contributed by atoms with Crippen molar-refractivity contribution in [1.29, 1.82) is 0 Å². The maximum absolute atomic E-state index is 9.44. The van der Waals surface area contributed by atoms with Gasteiger partial charge in [-0.3, -0.25) is 8.88 Å². The summed E-state index contributed by atoms with van der Waals surface area (Å²) in [6.45, 7) is 0. The van der Waals surface area contributed by atoms with Crippen molar-refractivity contribution in [3.05, 3.63) is 0 Å². The van der Waals surface area contributed by atoms with Crippen LogP contribution >= 0.6 is 15.6 Å². The summed E-state index contributed by atoms with van der Waals surface area (Å²) < 4.78 is 21.4. The van der Waals surface area contributed by atoms with Gasteiger partial charge < -0.3 is 29.6 Å².